The van der Waals surface area contributed by atoms with E-state index >= 15 is 0 Å². The fourth-order valence-electron chi connectivity index (χ4n) is 2.42. The van der Waals surface area contributed by atoms with Crippen LogP contribution in [0.4, 0.5) is 0 Å². The molecule has 0 aliphatic heterocycles. The molecule has 1 N–H and O–H groups in total. The molecule has 1 aromatic carbocycles. The number of aliphatic hydroxyl groups is 1. The Morgan fingerprint density at radius 2 is 1.57 bits per heavy atom. The average Bonchev–Trinajstić information content (AvgIpc) is 3.18. The lowest BCUT2D eigenvalue weighted by Crippen LogP contribution is -2.02. The third-order valence-electron chi connectivity index (χ3n) is 3.77. The molecule has 0 aliphatic carbocycles. The fraction of sp³-hybridized carbons (Fsp3) is 0.238. The molecule has 2 rings (SSSR count). The number of benzene rings is 1. The second-order valence-corrected chi connectivity index (χ2v) is 5.70. The molecular formula is C21H22O7. The molecule has 0 spiro atoms. The third kappa shape index (κ3) is 5.59. The van der Waals surface area contributed by atoms with E-state index in [-0.39, 0.29) is 24.6 Å². The zero-order chi connectivity index (χ0) is 20.5. The number of ketones is 2. The van der Waals surface area contributed by atoms with Crippen LogP contribution in [0.25, 0.3) is 12.2 Å². The molecule has 0 fully saturated rings. The number of aliphatic hydroxyl groups excluding tert-OH is 1. The lowest BCUT2D eigenvalue weighted by molar-refractivity contribution is -0.121. The molecule has 7 nitrogen and oxygen atoms in total. The summed E-state index contributed by atoms with van der Waals surface area (Å²) in [5.74, 6) is 1.51. The standard InChI is InChI=1S/C21H22O7/c1-25-19-10-14(11-20(26-2)21(19)27-3)4-5-15(23)12-16(24)6-7-17-8-9-18(13-22)28-17/h4-11,22H,12-13H2,1-3H3/b5-4+,7-6+. The van der Waals surface area contributed by atoms with Crippen LogP contribution in [0.15, 0.2) is 40.8 Å². The van der Waals surface area contributed by atoms with Gasteiger partial charge in [0.25, 0.3) is 0 Å². The summed E-state index contributed by atoms with van der Waals surface area (Å²) in [6.07, 6.45) is 5.35. The van der Waals surface area contributed by atoms with Gasteiger partial charge >= 0.3 is 0 Å². The first-order valence-electron chi connectivity index (χ1n) is 8.42. The fourth-order valence-corrected chi connectivity index (χ4v) is 2.42. The number of rotatable bonds is 10. The van der Waals surface area contributed by atoms with Gasteiger partial charge in [-0.15, -0.1) is 0 Å². The van der Waals surface area contributed by atoms with Gasteiger partial charge < -0.3 is 23.7 Å². The third-order valence-corrected chi connectivity index (χ3v) is 3.77. The van der Waals surface area contributed by atoms with E-state index in [2.05, 4.69) is 0 Å². The van der Waals surface area contributed by atoms with E-state index in [4.69, 9.17) is 23.7 Å². The molecule has 0 amide bonds. The Kier molecular flexibility index (Phi) is 7.59. The normalized spacial score (nSPS) is 11.1. The van der Waals surface area contributed by atoms with Gasteiger partial charge in [0, 0.05) is 0 Å². The Morgan fingerprint density at radius 1 is 0.964 bits per heavy atom. The number of methoxy groups -OCH3 is 3. The Bertz CT molecular complexity index is 865. The van der Waals surface area contributed by atoms with Crippen molar-refractivity contribution in [1.29, 1.82) is 0 Å². The summed E-state index contributed by atoms with van der Waals surface area (Å²) in [6.45, 7) is -0.216. The van der Waals surface area contributed by atoms with E-state index in [0.29, 0.717) is 34.3 Å². The van der Waals surface area contributed by atoms with Gasteiger partial charge in [-0.05, 0) is 48.1 Å². The van der Waals surface area contributed by atoms with E-state index in [9.17, 15) is 9.59 Å². The maximum Gasteiger partial charge on any atom is 0.203 e. The Labute approximate surface area is 162 Å². The first-order chi connectivity index (χ1) is 13.5. The van der Waals surface area contributed by atoms with Gasteiger partial charge in [0.2, 0.25) is 5.75 Å². The molecule has 0 saturated heterocycles. The van der Waals surface area contributed by atoms with Crippen molar-refractivity contribution in [2.45, 2.75) is 13.0 Å². The molecule has 0 saturated carbocycles. The van der Waals surface area contributed by atoms with Crippen LogP contribution in [0.3, 0.4) is 0 Å². The Hall–Kier alpha value is -3.32. The number of furan rings is 1. The lowest BCUT2D eigenvalue weighted by Gasteiger charge is -2.12. The first-order valence-corrected chi connectivity index (χ1v) is 8.42. The Balaban J connectivity index is 2.01. The second kappa shape index (κ2) is 10.1. The largest absolute Gasteiger partial charge is 0.493 e. The highest BCUT2D eigenvalue weighted by Crippen LogP contribution is 2.38. The van der Waals surface area contributed by atoms with E-state index in [0.717, 1.165) is 0 Å². The lowest BCUT2D eigenvalue weighted by atomic mass is 10.1. The maximum atomic E-state index is 12.0. The summed E-state index contributed by atoms with van der Waals surface area (Å²) < 4.78 is 21.0. The summed E-state index contributed by atoms with van der Waals surface area (Å²) in [5.41, 5.74) is 0.665. The first kappa shape index (κ1) is 21.0. The van der Waals surface area contributed by atoms with Crippen molar-refractivity contribution in [1.82, 2.24) is 0 Å². The van der Waals surface area contributed by atoms with Crippen molar-refractivity contribution in [3.63, 3.8) is 0 Å². The van der Waals surface area contributed by atoms with Crippen LogP contribution < -0.4 is 14.2 Å². The SMILES string of the molecule is COc1cc(/C=C/C(=O)CC(=O)/C=C/c2ccc(CO)o2)cc(OC)c1OC. The topological polar surface area (TPSA) is 95.2 Å². The van der Waals surface area contributed by atoms with Gasteiger partial charge in [0.1, 0.15) is 18.1 Å². The van der Waals surface area contributed by atoms with Gasteiger partial charge in [-0.25, -0.2) is 0 Å². The van der Waals surface area contributed by atoms with Crippen LogP contribution in [0.2, 0.25) is 0 Å². The number of hydrogen-bond acceptors (Lipinski definition) is 7. The van der Waals surface area contributed by atoms with Gasteiger partial charge in [0.05, 0.1) is 27.8 Å². The van der Waals surface area contributed by atoms with Crippen LogP contribution >= 0.6 is 0 Å². The monoisotopic (exact) mass is 386 g/mol. The number of ether oxygens (including phenoxy) is 3. The van der Waals surface area contributed by atoms with E-state index in [1.807, 2.05) is 0 Å². The van der Waals surface area contributed by atoms with E-state index in [1.165, 1.54) is 39.6 Å². The van der Waals surface area contributed by atoms with E-state index < -0.39 is 0 Å². The molecule has 1 heterocycles. The van der Waals surface area contributed by atoms with Gasteiger partial charge in [-0.3, -0.25) is 9.59 Å². The molecule has 148 valence electrons. The quantitative estimate of drug-likeness (QED) is 0.495. The van der Waals surface area contributed by atoms with Crippen molar-refractivity contribution in [2.75, 3.05) is 21.3 Å². The molecule has 1 aromatic heterocycles. The van der Waals surface area contributed by atoms with E-state index in [1.54, 1.807) is 30.3 Å². The highest BCUT2D eigenvalue weighted by molar-refractivity contribution is 6.10. The van der Waals surface area contributed by atoms with Crippen LogP contribution in [0, 0.1) is 0 Å². The van der Waals surface area contributed by atoms with Crippen LogP contribution in [0.1, 0.15) is 23.5 Å². The van der Waals surface area contributed by atoms with Crippen molar-refractivity contribution >= 4 is 23.7 Å². The Morgan fingerprint density at radius 3 is 2.07 bits per heavy atom. The summed E-state index contributed by atoms with van der Waals surface area (Å²) in [7, 11) is 4.51. The van der Waals surface area contributed by atoms with Crippen LogP contribution in [0.5, 0.6) is 17.2 Å². The minimum Gasteiger partial charge on any atom is -0.493 e. The average molecular weight is 386 g/mol. The molecule has 2 aromatic rings. The van der Waals surface area contributed by atoms with Crippen molar-refractivity contribution in [2.24, 2.45) is 0 Å². The number of carbonyl (C=O) groups excluding carboxylic acids is 2. The number of hydrogen-bond donors (Lipinski definition) is 1. The van der Waals surface area contributed by atoms with Gasteiger partial charge in [-0.1, -0.05) is 6.08 Å². The minimum atomic E-state index is -0.360. The molecular weight excluding hydrogens is 364 g/mol. The highest BCUT2D eigenvalue weighted by atomic mass is 16.5. The molecule has 7 heteroatoms. The highest BCUT2D eigenvalue weighted by Gasteiger charge is 2.12. The van der Waals surface area contributed by atoms with Crippen molar-refractivity contribution < 1.29 is 33.3 Å². The predicted octanol–water partition coefficient (Wildman–Crippen LogP) is 3.05. The second-order valence-electron chi connectivity index (χ2n) is 5.70. The molecule has 0 radical (unpaired) electrons. The summed E-state index contributed by atoms with van der Waals surface area (Å²) in [4.78, 5) is 23.9. The van der Waals surface area contributed by atoms with Crippen molar-refractivity contribution in [3.8, 4) is 17.2 Å². The smallest absolute Gasteiger partial charge is 0.203 e. The van der Waals surface area contributed by atoms with Gasteiger partial charge in [0.15, 0.2) is 23.1 Å². The van der Waals surface area contributed by atoms with Crippen molar-refractivity contribution in [3.05, 3.63) is 53.5 Å². The zero-order valence-corrected chi connectivity index (χ0v) is 15.9. The van der Waals surface area contributed by atoms with Crippen LogP contribution in [-0.2, 0) is 16.2 Å². The number of carbonyl (C=O) groups is 2. The van der Waals surface area contributed by atoms with Gasteiger partial charge in [-0.2, -0.15) is 0 Å². The molecule has 0 aliphatic rings. The zero-order valence-electron chi connectivity index (χ0n) is 15.9. The summed E-state index contributed by atoms with van der Waals surface area (Å²) >= 11 is 0. The number of allylic oxidation sites excluding steroid dienone is 2. The predicted molar refractivity (Wildman–Crippen MR) is 103 cm³/mol. The molecule has 0 unspecified atom stereocenters. The minimum absolute atomic E-state index is 0.216. The molecule has 0 bridgehead atoms. The molecule has 28 heavy (non-hydrogen) atoms. The molecule has 0 atom stereocenters. The van der Waals surface area contributed by atoms with Crippen LogP contribution in [-0.4, -0.2) is 38.0 Å². The summed E-state index contributed by atoms with van der Waals surface area (Å²) in [6, 6.07) is 6.63. The maximum absolute atomic E-state index is 12.0. The summed E-state index contributed by atoms with van der Waals surface area (Å²) in [5, 5.41) is 8.94.